The lowest BCUT2D eigenvalue weighted by molar-refractivity contribution is -0.139. The van der Waals surface area contributed by atoms with Crippen LogP contribution in [0.4, 0.5) is 0 Å². The zero-order valence-corrected chi connectivity index (χ0v) is 14.3. The number of hydrazone groups is 1. The maximum absolute atomic E-state index is 11.7. The third-order valence-corrected chi connectivity index (χ3v) is 4.27. The lowest BCUT2D eigenvalue weighted by atomic mass is 10.2. The summed E-state index contributed by atoms with van der Waals surface area (Å²) in [7, 11) is 0. The van der Waals surface area contributed by atoms with Crippen LogP contribution in [0.2, 0.25) is 0 Å². The average molecular weight is 398 g/mol. The highest BCUT2D eigenvalue weighted by Crippen LogP contribution is 2.36. The van der Waals surface area contributed by atoms with Crippen molar-refractivity contribution in [1.29, 1.82) is 0 Å². The molecule has 1 unspecified atom stereocenters. The van der Waals surface area contributed by atoms with Crippen molar-refractivity contribution < 1.29 is 23.8 Å². The maximum atomic E-state index is 11.7. The van der Waals surface area contributed by atoms with Crippen LogP contribution in [0.3, 0.4) is 0 Å². The first-order valence-electron chi connectivity index (χ1n) is 7.45. The highest BCUT2D eigenvalue weighted by atomic mass is 79.9. The summed E-state index contributed by atoms with van der Waals surface area (Å²) >= 11 is 3.38. The lowest BCUT2D eigenvalue weighted by Gasteiger charge is -2.09. The number of nitrogens with one attached hydrogen (secondary N) is 2. The Kier molecular flexibility index (Phi) is 5.31. The van der Waals surface area contributed by atoms with Gasteiger partial charge >= 0.3 is 11.8 Å². The number of nitrogens with zero attached hydrogens (tertiary/aromatic N) is 1. The first-order chi connectivity index (χ1) is 11.6. The molecule has 0 saturated carbocycles. The van der Waals surface area contributed by atoms with Crippen molar-refractivity contribution in [3.8, 4) is 11.5 Å². The second-order valence-electron chi connectivity index (χ2n) is 5.27. The summed E-state index contributed by atoms with van der Waals surface area (Å²) in [5, 5.41) is 6.31. The fourth-order valence-corrected chi connectivity index (χ4v) is 2.76. The third-order valence-electron chi connectivity index (χ3n) is 3.58. The van der Waals surface area contributed by atoms with Gasteiger partial charge in [-0.1, -0.05) is 0 Å². The molecule has 128 valence electrons. The Hall–Kier alpha value is -2.13. The number of ether oxygens (including phenoxy) is 3. The number of carbonyl (C=O) groups is 2. The van der Waals surface area contributed by atoms with E-state index in [0.29, 0.717) is 30.2 Å². The van der Waals surface area contributed by atoms with E-state index < -0.39 is 11.8 Å². The zero-order chi connectivity index (χ0) is 16.9. The molecule has 24 heavy (non-hydrogen) atoms. The van der Waals surface area contributed by atoms with Gasteiger partial charge in [-0.05, 0) is 40.9 Å². The predicted molar refractivity (Wildman–Crippen MR) is 88.0 cm³/mol. The van der Waals surface area contributed by atoms with Crippen molar-refractivity contribution in [2.75, 3.05) is 19.9 Å². The summed E-state index contributed by atoms with van der Waals surface area (Å²) in [5.41, 5.74) is 2.87. The molecule has 1 aromatic rings. The van der Waals surface area contributed by atoms with E-state index in [9.17, 15) is 9.59 Å². The number of amides is 2. The van der Waals surface area contributed by atoms with E-state index >= 15 is 0 Å². The van der Waals surface area contributed by atoms with Crippen molar-refractivity contribution in [2.24, 2.45) is 5.10 Å². The molecule has 2 aliphatic heterocycles. The number of fused-ring (bicyclic) bond motifs is 1. The summed E-state index contributed by atoms with van der Waals surface area (Å²) in [4.78, 5) is 23.3. The molecule has 0 aromatic heterocycles. The van der Waals surface area contributed by atoms with Crippen molar-refractivity contribution in [2.45, 2.75) is 18.9 Å². The van der Waals surface area contributed by atoms with E-state index in [1.165, 1.54) is 6.21 Å². The van der Waals surface area contributed by atoms with Crippen LogP contribution in [0, 0.1) is 0 Å². The predicted octanol–water partition coefficient (Wildman–Crippen LogP) is 0.923. The van der Waals surface area contributed by atoms with Gasteiger partial charge in [0, 0.05) is 23.2 Å². The van der Waals surface area contributed by atoms with Crippen LogP contribution in [0.1, 0.15) is 18.4 Å². The van der Waals surface area contributed by atoms with Crippen LogP contribution in [0.15, 0.2) is 21.7 Å². The van der Waals surface area contributed by atoms with Gasteiger partial charge in [0.25, 0.3) is 0 Å². The molecule has 8 nitrogen and oxygen atoms in total. The van der Waals surface area contributed by atoms with Crippen LogP contribution in [0.5, 0.6) is 11.5 Å². The summed E-state index contributed by atoms with van der Waals surface area (Å²) in [6, 6.07) is 3.47. The molecule has 1 atom stereocenters. The van der Waals surface area contributed by atoms with E-state index in [0.717, 1.165) is 17.3 Å². The monoisotopic (exact) mass is 397 g/mol. The molecule has 2 aliphatic rings. The van der Waals surface area contributed by atoms with Gasteiger partial charge in [0.2, 0.25) is 6.79 Å². The number of hydrogen-bond donors (Lipinski definition) is 2. The molecule has 0 spiro atoms. The Morgan fingerprint density at radius 1 is 1.29 bits per heavy atom. The van der Waals surface area contributed by atoms with E-state index in [2.05, 4.69) is 31.8 Å². The molecule has 3 rings (SSSR count). The molecule has 0 bridgehead atoms. The average Bonchev–Trinajstić information content (AvgIpc) is 3.23. The highest BCUT2D eigenvalue weighted by Gasteiger charge is 2.19. The fraction of sp³-hybridized carbons (Fsp3) is 0.400. The maximum Gasteiger partial charge on any atom is 0.329 e. The summed E-state index contributed by atoms with van der Waals surface area (Å²) in [5.74, 6) is -0.342. The number of hydrogen-bond acceptors (Lipinski definition) is 6. The van der Waals surface area contributed by atoms with Crippen LogP contribution < -0.4 is 20.2 Å². The number of carbonyl (C=O) groups excluding carboxylic acids is 2. The van der Waals surface area contributed by atoms with Crippen molar-refractivity contribution in [3.63, 3.8) is 0 Å². The van der Waals surface area contributed by atoms with E-state index in [-0.39, 0.29) is 12.9 Å². The smallest absolute Gasteiger partial charge is 0.329 e. The minimum absolute atomic E-state index is 0.0187. The standard InChI is InChI=1S/C15H16BrN3O5/c16-11-5-13-12(23-8-24-13)4-9(11)6-18-19-15(21)14(20)17-7-10-2-1-3-22-10/h4-6,10H,1-3,7-8H2,(H,17,20)(H,19,21)/b18-6+. The second-order valence-corrected chi connectivity index (χ2v) is 6.13. The molecule has 2 N–H and O–H groups in total. The molecular formula is C15H16BrN3O5. The van der Waals surface area contributed by atoms with Gasteiger partial charge < -0.3 is 19.5 Å². The van der Waals surface area contributed by atoms with Gasteiger partial charge in [-0.2, -0.15) is 5.10 Å². The molecule has 1 saturated heterocycles. The van der Waals surface area contributed by atoms with Gasteiger partial charge in [-0.15, -0.1) is 0 Å². The molecule has 9 heteroatoms. The quantitative estimate of drug-likeness (QED) is 0.447. The Balaban J connectivity index is 1.50. The first kappa shape index (κ1) is 16.7. The van der Waals surface area contributed by atoms with Gasteiger partial charge in [-0.3, -0.25) is 9.59 Å². The Bertz CT molecular complexity index is 673. The zero-order valence-electron chi connectivity index (χ0n) is 12.7. The second kappa shape index (κ2) is 7.63. The van der Waals surface area contributed by atoms with Gasteiger partial charge in [-0.25, -0.2) is 5.43 Å². The van der Waals surface area contributed by atoms with E-state index in [1.807, 2.05) is 0 Å². The summed E-state index contributed by atoms with van der Waals surface area (Å²) in [6.07, 6.45) is 3.26. The molecule has 0 radical (unpaired) electrons. The fourth-order valence-electron chi connectivity index (χ4n) is 2.34. The minimum Gasteiger partial charge on any atom is -0.454 e. The largest absolute Gasteiger partial charge is 0.454 e. The lowest BCUT2D eigenvalue weighted by Crippen LogP contribution is -2.41. The van der Waals surface area contributed by atoms with Crippen LogP contribution >= 0.6 is 15.9 Å². The Morgan fingerprint density at radius 2 is 2.08 bits per heavy atom. The van der Waals surface area contributed by atoms with Crippen molar-refractivity contribution >= 4 is 34.0 Å². The molecule has 1 fully saturated rings. The number of benzene rings is 1. The van der Waals surface area contributed by atoms with E-state index in [1.54, 1.807) is 12.1 Å². The van der Waals surface area contributed by atoms with Crippen molar-refractivity contribution in [1.82, 2.24) is 10.7 Å². The Labute approximate surface area is 146 Å². The first-order valence-corrected chi connectivity index (χ1v) is 8.25. The SMILES string of the molecule is O=C(NCC1CCCO1)C(=O)N/N=C/c1cc2c(cc1Br)OCO2. The molecule has 0 aliphatic carbocycles. The van der Waals surface area contributed by atoms with Crippen molar-refractivity contribution in [3.05, 3.63) is 22.2 Å². The van der Waals surface area contributed by atoms with Gasteiger partial charge in [0.05, 0.1) is 12.3 Å². The molecular weight excluding hydrogens is 382 g/mol. The molecule has 2 amide bonds. The summed E-state index contributed by atoms with van der Waals surface area (Å²) < 4.78 is 16.6. The topological polar surface area (TPSA) is 98.2 Å². The van der Waals surface area contributed by atoms with E-state index in [4.69, 9.17) is 14.2 Å². The van der Waals surface area contributed by atoms with Gasteiger partial charge in [0.1, 0.15) is 0 Å². The van der Waals surface area contributed by atoms with Crippen LogP contribution in [-0.4, -0.2) is 44.1 Å². The Morgan fingerprint density at radius 3 is 2.83 bits per heavy atom. The van der Waals surface area contributed by atoms with Crippen LogP contribution in [-0.2, 0) is 14.3 Å². The summed E-state index contributed by atoms with van der Waals surface area (Å²) in [6.45, 7) is 1.19. The highest BCUT2D eigenvalue weighted by molar-refractivity contribution is 9.10. The third kappa shape index (κ3) is 4.04. The van der Waals surface area contributed by atoms with Crippen LogP contribution in [0.25, 0.3) is 0 Å². The van der Waals surface area contributed by atoms with Gasteiger partial charge in [0.15, 0.2) is 11.5 Å². The minimum atomic E-state index is -0.832. The molecule has 1 aromatic carbocycles. The number of halogens is 1. The molecule has 2 heterocycles. The number of rotatable bonds is 4. The normalized spacial score (nSPS) is 18.8.